The molecule has 0 aliphatic carbocycles. The fraction of sp³-hybridized carbons (Fsp3) is 0.200. The van der Waals surface area contributed by atoms with Crippen LogP contribution in [0.15, 0.2) is 48.5 Å². The van der Waals surface area contributed by atoms with Crippen LogP contribution >= 0.6 is 0 Å². The Balaban J connectivity index is 2.56. The maximum absolute atomic E-state index is 12.8. The van der Waals surface area contributed by atoms with Gasteiger partial charge in [0, 0.05) is 0 Å². The van der Waals surface area contributed by atoms with Crippen molar-refractivity contribution in [2.75, 3.05) is 0 Å². The van der Waals surface area contributed by atoms with E-state index in [1.54, 1.807) is 18.2 Å². The van der Waals surface area contributed by atoms with Crippen molar-refractivity contribution in [3.8, 4) is 0 Å². The lowest BCUT2D eigenvalue weighted by Gasteiger charge is -2.18. The summed E-state index contributed by atoms with van der Waals surface area (Å²) in [7, 11) is 0. The van der Waals surface area contributed by atoms with Gasteiger partial charge in [0.25, 0.3) is 0 Å². The average Bonchev–Trinajstić information content (AvgIpc) is 2.45. The van der Waals surface area contributed by atoms with Crippen molar-refractivity contribution in [1.82, 2.24) is 0 Å². The topological polar surface area (TPSA) is 26.0 Å². The van der Waals surface area contributed by atoms with Gasteiger partial charge in [-0.15, -0.1) is 0 Å². The van der Waals surface area contributed by atoms with E-state index in [0.717, 1.165) is 0 Å². The normalized spacial score (nSPS) is 14.0. The number of hydrogen-bond acceptors (Lipinski definition) is 1. The lowest BCUT2D eigenvalue weighted by molar-refractivity contribution is -0.143. The zero-order chi connectivity index (χ0) is 16.5. The van der Waals surface area contributed by atoms with E-state index < -0.39 is 29.5 Å². The Bertz CT molecular complexity index is 613. The van der Waals surface area contributed by atoms with Crippen molar-refractivity contribution < 1.29 is 26.3 Å². The fourth-order valence-electron chi connectivity index (χ4n) is 2.01. The fourth-order valence-corrected chi connectivity index (χ4v) is 2.01. The molecule has 0 aromatic heterocycles. The summed E-state index contributed by atoms with van der Waals surface area (Å²) in [4.78, 5) is 0. The third-order valence-electron chi connectivity index (χ3n) is 3.13. The molecule has 0 saturated carbocycles. The highest BCUT2D eigenvalue weighted by atomic mass is 19.4. The Morgan fingerprint density at radius 2 is 1.14 bits per heavy atom. The summed E-state index contributed by atoms with van der Waals surface area (Å²) in [6, 6.07) is 8.26. The number of nitrogens with two attached hydrogens (primary N) is 1. The maximum atomic E-state index is 12.8. The first kappa shape index (κ1) is 16.4. The molecule has 22 heavy (non-hydrogen) atoms. The van der Waals surface area contributed by atoms with Crippen LogP contribution in [0.3, 0.4) is 0 Å². The number of alkyl halides is 6. The molecule has 0 radical (unpaired) electrons. The van der Waals surface area contributed by atoms with E-state index in [2.05, 4.69) is 0 Å². The molecule has 2 aromatic rings. The lowest BCUT2D eigenvalue weighted by atomic mass is 9.95. The zero-order valence-electron chi connectivity index (χ0n) is 11.0. The Kier molecular flexibility index (Phi) is 4.19. The van der Waals surface area contributed by atoms with Gasteiger partial charge >= 0.3 is 12.4 Å². The molecule has 0 aliphatic rings. The van der Waals surface area contributed by atoms with E-state index in [1.807, 2.05) is 0 Å². The van der Waals surface area contributed by atoms with Crippen molar-refractivity contribution in [2.24, 2.45) is 5.73 Å². The largest absolute Gasteiger partial charge is 0.416 e. The van der Waals surface area contributed by atoms with Crippen LogP contribution in [0.25, 0.3) is 0 Å². The Morgan fingerprint density at radius 1 is 0.682 bits per heavy atom. The number of halogens is 6. The Hall–Kier alpha value is -2.02. The monoisotopic (exact) mass is 319 g/mol. The van der Waals surface area contributed by atoms with Crippen molar-refractivity contribution >= 4 is 0 Å². The first-order valence-electron chi connectivity index (χ1n) is 6.19. The van der Waals surface area contributed by atoms with E-state index >= 15 is 0 Å². The van der Waals surface area contributed by atoms with Gasteiger partial charge in [-0.3, -0.25) is 0 Å². The number of benzene rings is 2. The standard InChI is InChI=1S/C15H11F6N/c16-14(17,18)11-6-10(7-12(8-11)15(19,20)21)13(22)9-4-2-1-3-5-9/h1-8,13H,22H2. The summed E-state index contributed by atoms with van der Waals surface area (Å²) in [5.74, 6) is 0. The van der Waals surface area contributed by atoms with Gasteiger partial charge in [-0.05, 0) is 29.3 Å². The molecule has 0 heterocycles. The highest BCUT2D eigenvalue weighted by Crippen LogP contribution is 2.37. The molecule has 2 N–H and O–H groups in total. The van der Waals surface area contributed by atoms with Gasteiger partial charge in [-0.25, -0.2) is 0 Å². The average molecular weight is 319 g/mol. The van der Waals surface area contributed by atoms with Crippen LogP contribution in [0.1, 0.15) is 28.3 Å². The molecule has 0 bridgehead atoms. The van der Waals surface area contributed by atoms with E-state index in [9.17, 15) is 26.3 Å². The second kappa shape index (κ2) is 5.64. The van der Waals surface area contributed by atoms with E-state index in [0.29, 0.717) is 17.7 Å². The molecule has 1 unspecified atom stereocenters. The molecule has 1 nitrogen and oxygen atoms in total. The maximum Gasteiger partial charge on any atom is 0.416 e. The zero-order valence-corrected chi connectivity index (χ0v) is 11.0. The Morgan fingerprint density at radius 3 is 1.55 bits per heavy atom. The minimum atomic E-state index is -4.88. The molecule has 1 atom stereocenters. The predicted octanol–water partition coefficient (Wildman–Crippen LogP) is 4.77. The molecule has 7 heteroatoms. The molecular weight excluding hydrogens is 308 g/mol. The summed E-state index contributed by atoms with van der Waals surface area (Å²) in [5, 5.41) is 0. The van der Waals surface area contributed by atoms with Gasteiger partial charge in [0.15, 0.2) is 0 Å². The van der Waals surface area contributed by atoms with E-state index in [1.165, 1.54) is 12.1 Å². The van der Waals surface area contributed by atoms with Crippen LogP contribution in [0.2, 0.25) is 0 Å². The van der Waals surface area contributed by atoms with Gasteiger partial charge in [0.2, 0.25) is 0 Å². The number of rotatable bonds is 2. The van der Waals surface area contributed by atoms with Crippen LogP contribution in [0.5, 0.6) is 0 Å². The summed E-state index contributed by atoms with van der Waals surface area (Å²) < 4.78 is 76.8. The second-order valence-corrected chi connectivity index (χ2v) is 4.73. The minimum Gasteiger partial charge on any atom is -0.320 e. The van der Waals surface area contributed by atoms with Crippen LogP contribution in [-0.4, -0.2) is 0 Å². The van der Waals surface area contributed by atoms with Crippen molar-refractivity contribution in [1.29, 1.82) is 0 Å². The molecule has 2 rings (SSSR count). The summed E-state index contributed by atoms with van der Waals surface area (Å²) >= 11 is 0. The molecular formula is C15H11F6N. The molecule has 0 fully saturated rings. The van der Waals surface area contributed by atoms with Crippen LogP contribution < -0.4 is 5.73 Å². The Labute approximate surface area is 122 Å². The predicted molar refractivity (Wildman–Crippen MR) is 68.9 cm³/mol. The third kappa shape index (κ3) is 3.59. The van der Waals surface area contributed by atoms with Crippen LogP contribution in [0.4, 0.5) is 26.3 Å². The molecule has 0 spiro atoms. The molecule has 118 valence electrons. The highest BCUT2D eigenvalue weighted by molar-refractivity contribution is 5.39. The van der Waals surface area contributed by atoms with Crippen molar-refractivity contribution in [3.05, 3.63) is 70.8 Å². The summed E-state index contributed by atoms with van der Waals surface area (Å²) in [6.07, 6.45) is -9.77. The number of hydrogen-bond donors (Lipinski definition) is 1. The molecule has 2 aromatic carbocycles. The van der Waals surface area contributed by atoms with E-state index in [-0.39, 0.29) is 11.6 Å². The molecule has 0 saturated heterocycles. The van der Waals surface area contributed by atoms with Crippen molar-refractivity contribution in [3.63, 3.8) is 0 Å². The van der Waals surface area contributed by atoms with Gasteiger partial charge < -0.3 is 5.73 Å². The third-order valence-corrected chi connectivity index (χ3v) is 3.13. The van der Waals surface area contributed by atoms with Crippen LogP contribution in [0, 0.1) is 0 Å². The second-order valence-electron chi connectivity index (χ2n) is 4.73. The van der Waals surface area contributed by atoms with Gasteiger partial charge in [0.1, 0.15) is 0 Å². The van der Waals surface area contributed by atoms with Gasteiger partial charge in [-0.1, -0.05) is 30.3 Å². The molecule has 0 aliphatic heterocycles. The van der Waals surface area contributed by atoms with Gasteiger partial charge in [-0.2, -0.15) is 26.3 Å². The van der Waals surface area contributed by atoms with Crippen LogP contribution in [-0.2, 0) is 12.4 Å². The first-order valence-corrected chi connectivity index (χ1v) is 6.19. The van der Waals surface area contributed by atoms with E-state index in [4.69, 9.17) is 5.73 Å². The smallest absolute Gasteiger partial charge is 0.320 e. The lowest BCUT2D eigenvalue weighted by Crippen LogP contribution is -2.17. The van der Waals surface area contributed by atoms with Gasteiger partial charge in [0.05, 0.1) is 17.2 Å². The SMILES string of the molecule is NC(c1ccccc1)c1cc(C(F)(F)F)cc(C(F)(F)F)c1. The summed E-state index contributed by atoms with van der Waals surface area (Å²) in [5.41, 5.74) is 3.25. The first-order chi connectivity index (χ1) is 10.1. The summed E-state index contributed by atoms with van der Waals surface area (Å²) in [6.45, 7) is 0. The highest BCUT2D eigenvalue weighted by Gasteiger charge is 2.37. The minimum absolute atomic E-state index is 0.0845. The van der Waals surface area contributed by atoms with Crippen molar-refractivity contribution in [2.45, 2.75) is 18.4 Å². The quantitative estimate of drug-likeness (QED) is 0.793. The molecule has 0 amide bonds.